The lowest BCUT2D eigenvalue weighted by atomic mass is 9.81. The molecular weight excluding hydrogens is 359 g/mol. The highest BCUT2D eigenvalue weighted by Crippen LogP contribution is 2.36. The summed E-state index contributed by atoms with van der Waals surface area (Å²) in [5.41, 5.74) is 0.555. The van der Waals surface area contributed by atoms with E-state index < -0.39 is 26.4 Å². The smallest absolute Gasteiger partial charge is 0.399 e. The van der Waals surface area contributed by atoms with Gasteiger partial charge in [-0.2, -0.15) is 0 Å². The molecule has 27 heavy (non-hydrogen) atoms. The summed E-state index contributed by atoms with van der Waals surface area (Å²) in [6.45, 7) is 16.0. The van der Waals surface area contributed by atoms with Crippen LogP contribution >= 0.6 is 0 Å². The van der Waals surface area contributed by atoms with Gasteiger partial charge >= 0.3 is 7.12 Å². The van der Waals surface area contributed by atoms with Crippen LogP contribution in [0.1, 0.15) is 27.7 Å². The largest absolute Gasteiger partial charge is 0.496 e. The van der Waals surface area contributed by atoms with E-state index in [0.717, 1.165) is 11.5 Å². The van der Waals surface area contributed by atoms with E-state index in [2.05, 4.69) is 19.6 Å². The SMILES string of the molecule is CC1(C)OB(c2cc3c(=O)n(COCC[Si](C)(C)C)ccn3c2)OC1(C)C. The summed E-state index contributed by atoms with van der Waals surface area (Å²) >= 11 is 0. The van der Waals surface area contributed by atoms with E-state index in [1.54, 1.807) is 10.8 Å². The average molecular weight is 390 g/mol. The van der Waals surface area contributed by atoms with Crippen molar-refractivity contribution in [2.24, 2.45) is 0 Å². The van der Waals surface area contributed by atoms with Crippen LogP contribution in [0.25, 0.3) is 5.52 Å². The van der Waals surface area contributed by atoms with Gasteiger partial charge in [0.2, 0.25) is 0 Å². The van der Waals surface area contributed by atoms with Crippen LogP contribution in [0, 0.1) is 0 Å². The van der Waals surface area contributed by atoms with Gasteiger partial charge in [0, 0.05) is 38.7 Å². The van der Waals surface area contributed by atoms with Crippen molar-refractivity contribution in [1.82, 2.24) is 8.97 Å². The molecule has 3 rings (SSSR count). The second-order valence-electron chi connectivity index (χ2n) is 9.58. The molecule has 0 spiro atoms. The lowest BCUT2D eigenvalue weighted by molar-refractivity contribution is 0.00578. The molecule has 1 aliphatic rings. The van der Waals surface area contributed by atoms with Gasteiger partial charge in [0.1, 0.15) is 12.2 Å². The lowest BCUT2D eigenvalue weighted by Gasteiger charge is -2.32. The summed E-state index contributed by atoms with van der Waals surface area (Å²) in [6, 6.07) is 2.93. The van der Waals surface area contributed by atoms with Crippen molar-refractivity contribution in [2.75, 3.05) is 6.61 Å². The molecule has 2 aromatic rings. The molecule has 0 amide bonds. The Morgan fingerprint density at radius 1 is 1.11 bits per heavy atom. The standard InChI is InChI=1S/C19H31BN2O4Si/c1-18(2)19(3,4)26-20(25-18)15-12-16-17(23)22(9-8-21(16)13-15)14-24-10-11-27(5,6)7/h8-9,12-13H,10-11,14H2,1-7H3. The molecule has 0 N–H and O–H groups in total. The Kier molecular flexibility index (Phi) is 5.22. The number of aromatic nitrogens is 2. The maximum Gasteiger partial charge on any atom is 0.496 e. The molecule has 1 saturated heterocycles. The molecular formula is C19H31BN2O4Si. The predicted molar refractivity (Wildman–Crippen MR) is 111 cm³/mol. The van der Waals surface area contributed by atoms with Gasteiger partial charge in [-0.05, 0) is 39.8 Å². The van der Waals surface area contributed by atoms with Crippen molar-refractivity contribution in [3.63, 3.8) is 0 Å². The van der Waals surface area contributed by atoms with Crippen molar-refractivity contribution < 1.29 is 14.0 Å². The number of hydrogen-bond donors (Lipinski definition) is 0. The fourth-order valence-electron chi connectivity index (χ4n) is 2.91. The van der Waals surface area contributed by atoms with Gasteiger partial charge in [0.15, 0.2) is 0 Å². The van der Waals surface area contributed by atoms with E-state index in [4.69, 9.17) is 14.0 Å². The van der Waals surface area contributed by atoms with E-state index in [-0.39, 0.29) is 12.3 Å². The second kappa shape index (κ2) is 6.92. The van der Waals surface area contributed by atoms with Crippen LogP contribution < -0.4 is 11.0 Å². The van der Waals surface area contributed by atoms with Crippen LogP contribution in [0.15, 0.2) is 29.5 Å². The zero-order chi connectivity index (χ0) is 20.0. The van der Waals surface area contributed by atoms with Gasteiger partial charge < -0.3 is 18.4 Å². The molecule has 3 heterocycles. The van der Waals surface area contributed by atoms with Crippen molar-refractivity contribution in [2.45, 2.75) is 71.3 Å². The van der Waals surface area contributed by atoms with Crippen molar-refractivity contribution in [1.29, 1.82) is 0 Å². The molecule has 2 aromatic heterocycles. The minimum atomic E-state index is -1.13. The van der Waals surface area contributed by atoms with Gasteiger partial charge in [0.25, 0.3) is 5.56 Å². The Balaban J connectivity index is 1.77. The van der Waals surface area contributed by atoms with Gasteiger partial charge in [-0.1, -0.05) is 19.6 Å². The molecule has 6 nitrogen and oxygen atoms in total. The third-order valence-electron chi connectivity index (χ3n) is 5.51. The predicted octanol–water partition coefficient (Wildman–Crippen LogP) is 2.71. The Morgan fingerprint density at radius 3 is 2.33 bits per heavy atom. The Hall–Kier alpha value is -1.35. The normalized spacial score (nSPS) is 19.1. The molecule has 1 aliphatic heterocycles. The number of ether oxygens (including phenoxy) is 1. The van der Waals surface area contributed by atoms with E-state index in [1.807, 2.05) is 50.6 Å². The summed E-state index contributed by atoms with van der Waals surface area (Å²) in [5.74, 6) is 0. The molecule has 0 unspecified atom stereocenters. The van der Waals surface area contributed by atoms with E-state index in [1.165, 1.54) is 0 Å². The summed E-state index contributed by atoms with van der Waals surface area (Å²) in [6.07, 6.45) is 5.53. The average Bonchev–Trinajstić information content (AvgIpc) is 3.04. The maximum absolute atomic E-state index is 12.8. The highest BCUT2D eigenvalue weighted by Gasteiger charge is 2.52. The third-order valence-corrected chi connectivity index (χ3v) is 7.21. The summed E-state index contributed by atoms with van der Waals surface area (Å²) < 4.78 is 21.3. The van der Waals surface area contributed by atoms with E-state index >= 15 is 0 Å². The monoisotopic (exact) mass is 390 g/mol. The highest BCUT2D eigenvalue weighted by molar-refractivity contribution is 6.76. The molecule has 8 heteroatoms. The Labute approximate surface area is 162 Å². The minimum Gasteiger partial charge on any atom is -0.399 e. The van der Waals surface area contributed by atoms with Gasteiger partial charge in [-0.25, -0.2) is 0 Å². The molecule has 0 atom stereocenters. The topological polar surface area (TPSA) is 54.1 Å². The van der Waals surface area contributed by atoms with Crippen molar-refractivity contribution in [3.8, 4) is 0 Å². The van der Waals surface area contributed by atoms with Crippen LogP contribution in [-0.4, -0.2) is 42.0 Å². The third kappa shape index (κ3) is 4.23. The van der Waals surface area contributed by atoms with Gasteiger partial charge in [-0.3, -0.25) is 9.36 Å². The zero-order valence-electron chi connectivity index (χ0n) is 17.5. The van der Waals surface area contributed by atoms with Gasteiger partial charge in [-0.15, -0.1) is 0 Å². The van der Waals surface area contributed by atoms with Crippen LogP contribution in [0.5, 0.6) is 0 Å². The Morgan fingerprint density at radius 2 is 1.74 bits per heavy atom. The summed E-state index contributed by atoms with van der Waals surface area (Å²) in [4.78, 5) is 12.8. The van der Waals surface area contributed by atoms with Crippen LogP contribution in [0.3, 0.4) is 0 Å². The van der Waals surface area contributed by atoms with Crippen LogP contribution in [-0.2, 0) is 20.8 Å². The number of hydrogen-bond acceptors (Lipinski definition) is 4. The minimum absolute atomic E-state index is 0.0757. The van der Waals surface area contributed by atoms with Crippen LogP contribution in [0.2, 0.25) is 25.7 Å². The number of nitrogens with zero attached hydrogens (tertiary/aromatic N) is 2. The molecule has 0 saturated carbocycles. The Bertz CT molecular complexity index is 866. The fourth-order valence-corrected chi connectivity index (χ4v) is 3.67. The molecule has 0 bridgehead atoms. The number of rotatable bonds is 6. The first-order valence-corrected chi connectivity index (χ1v) is 13.2. The maximum atomic E-state index is 12.8. The fraction of sp³-hybridized carbons (Fsp3) is 0.632. The quantitative estimate of drug-likeness (QED) is 0.562. The first-order valence-electron chi connectivity index (χ1n) is 9.54. The molecule has 0 aromatic carbocycles. The van der Waals surface area contributed by atoms with E-state index in [9.17, 15) is 4.79 Å². The molecule has 0 aliphatic carbocycles. The molecule has 0 radical (unpaired) electrons. The van der Waals surface area contributed by atoms with E-state index in [0.29, 0.717) is 12.1 Å². The van der Waals surface area contributed by atoms with Crippen molar-refractivity contribution >= 4 is 26.2 Å². The van der Waals surface area contributed by atoms with Crippen molar-refractivity contribution in [3.05, 3.63) is 35.0 Å². The first-order chi connectivity index (χ1) is 12.4. The van der Waals surface area contributed by atoms with Crippen LogP contribution in [0.4, 0.5) is 0 Å². The molecule has 1 fully saturated rings. The lowest BCUT2D eigenvalue weighted by Crippen LogP contribution is -2.41. The summed E-state index contributed by atoms with van der Waals surface area (Å²) in [7, 11) is -1.61. The number of fused-ring (bicyclic) bond motifs is 1. The molecule has 148 valence electrons. The van der Waals surface area contributed by atoms with Gasteiger partial charge in [0.05, 0.1) is 11.2 Å². The highest BCUT2D eigenvalue weighted by atomic mass is 28.3. The first kappa shape index (κ1) is 20.4. The summed E-state index contributed by atoms with van der Waals surface area (Å²) in [5, 5.41) is 0. The zero-order valence-corrected chi connectivity index (χ0v) is 18.5. The second-order valence-corrected chi connectivity index (χ2v) is 15.2.